The van der Waals surface area contributed by atoms with Gasteiger partial charge in [0.05, 0.1) is 6.20 Å². The fourth-order valence-electron chi connectivity index (χ4n) is 2.25. The third kappa shape index (κ3) is 4.33. The van der Waals surface area contributed by atoms with Gasteiger partial charge in [-0.3, -0.25) is 4.68 Å². The summed E-state index contributed by atoms with van der Waals surface area (Å²) in [6.45, 7) is 7.69. The Labute approximate surface area is 126 Å². The summed E-state index contributed by atoms with van der Waals surface area (Å²) in [6, 6.07) is 6.46. The molecule has 1 heterocycles. The average molecular weight is 287 g/mol. The zero-order chi connectivity index (χ0) is 15.2. The van der Waals surface area contributed by atoms with Crippen LogP contribution in [0.4, 0.5) is 0 Å². The molecule has 0 spiro atoms. The van der Waals surface area contributed by atoms with E-state index in [0.717, 1.165) is 30.7 Å². The highest BCUT2D eigenvalue weighted by Crippen LogP contribution is 2.23. The smallest absolute Gasteiger partial charge is 0.123 e. The predicted octanol–water partition coefficient (Wildman–Crippen LogP) is 3.07. The fraction of sp³-hybridized carbons (Fsp3) is 0.471. The number of rotatable bonds is 7. The Balaban J connectivity index is 2.07. The summed E-state index contributed by atoms with van der Waals surface area (Å²) in [6.07, 6.45) is 5.69. The molecule has 1 aromatic carbocycles. The van der Waals surface area contributed by atoms with E-state index in [1.807, 2.05) is 23.1 Å². The summed E-state index contributed by atoms with van der Waals surface area (Å²) in [5.74, 6) is 0.925. The fourth-order valence-corrected chi connectivity index (χ4v) is 2.25. The van der Waals surface area contributed by atoms with Crippen molar-refractivity contribution in [1.29, 1.82) is 0 Å². The maximum absolute atomic E-state index is 6.08. The second kappa shape index (κ2) is 7.27. The first-order valence-electron chi connectivity index (χ1n) is 7.61. The number of hydrogen-bond donors (Lipinski definition) is 1. The second-order valence-electron chi connectivity index (χ2n) is 5.48. The molecular formula is C17H25N3O. The van der Waals surface area contributed by atoms with Crippen LogP contribution in [0.2, 0.25) is 0 Å². The predicted molar refractivity (Wildman–Crippen MR) is 85.4 cm³/mol. The van der Waals surface area contributed by atoms with Gasteiger partial charge < -0.3 is 10.5 Å². The van der Waals surface area contributed by atoms with Gasteiger partial charge in [0, 0.05) is 24.3 Å². The molecule has 0 bridgehead atoms. The van der Waals surface area contributed by atoms with E-state index in [1.165, 1.54) is 11.1 Å². The highest BCUT2D eigenvalue weighted by atomic mass is 16.5. The SMILES string of the molecule is CCC(N)Cc1cc(C)ccc1OCc1cnn(CC)c1. The molecule has 0 radical (unpaired) electrons. The molecule has 21 heavy (non-hydrogen) atoms. The molecule has 0 amide bonds. The maximum Gasteiger partial charge on any atom is 0.123 e. The van der Waals surface area contributed by atoms with E-state index >= 15 is 0 Å². The summed E-state index contributed by atoms with van der Waals surface area (Å²) in [5, 5.41) is 4.26. The Bertz CT molecular complexity index is 577. The number of ether oxygens (including phenoxy) is 1. The lowest BCUT2D eigenvalue weighted by Crippen LogP contribution is -2.21. The summed E-state index contributed by atoms with van der Waals surface area (Å²) < 4.78 is 7.88. The minimum atomic E-state index is 0.178. The van der Waals surface area contributed by atoms with Crippen LogP contribution in [0.5, 0.6) is 5.75 Å². The van der Waals surface area contributed by atoms with E-state index in [9.17, 15) is 0 Å². The van der Waals surface area contributed by atoms with Crippen molar-refractivity contribution in [2.75, 3.05) is 0 Å². The van der Waals surface area contributed by atoms with Gasteiger partial charge in [-0.15, -0.1) is 0 Å². The van der Waals surface area contributed by atoms with Crippen LogP contribution in [0.3, 0.4) is 0 Å². The first kappa shape index (κ1) is 15.6. The van der Waals surface area contributed by atoms with Crippen LogP contribution in [0.25, 0.3) is 0 Å². The third-order valence-electron chi connectivity index (χ3n) is 3.63. The van der Waals surface area contributed by atoms with Crippen molar-refractivity contribution in [3.8, 4) is 5.75 Å². The van der Waals surface area contributed by atoms with Crippen LogP contribution in [0.15, 0.2) is 30.6 Å². The zero-order valence-electron chi connectivity index (χ0n) is 13.2. The zero-order valence-corrected chi connectivity index (χ0v) is 13.2. The first-order valence-corrected chi connectivity index (χ1v) is 7.61. The molecule has 114 valence electrons. The van der Waals surface area contributed by atoms with Gasteiger partial charge in [0.25, 0.3) is 0 Å². The van der Waals surface area contributed by atoms with Gasteiger partial charge in [-0.25, -0.2) is 0 Å². The minimum Gasteiger partial charge on any atom is -0.489 e. The van der Waals surface area contributed by atoms with E-state index < -0.39 is 0 Å². The van der Waals surface area contributed by atoms with E-state index in [1.54, 1.807) is 0 Å². The van der Waals surface area contributed by atoms with Crippen LogP contribution in [-0.2, 0) is 19.6 Å². The Kier molecular flexibility index (Phi) is 5.39. The van der Waals surface area contributed by atoms with Crippen molar-refractivity contribution in [2.45, 2.75) is 52.8 Å². The van der Waals surface area contributed by atoms with Crippen LogP contribution in [0.1, 0.15) is 37.0 Å². The molecule has 0 aliphatic carbocycles. The van der Waals surface area contributed by atoms with Crippen LogP contribution < -0.4 is 10.5 Å². The monoisotopic (exact) mass is 287 g/mol. The van der Waals surface area contributed by atoms with Crippen molar-refractivity contribution in [3.63, 3.8) is 0 Å². The largest absolute Gasteiger partial charge is 0.489 e. The van der Waals surface area contributed by atoms with Crippen LogP contribution in [0, 0.1) is 6.92 Å². The standard InChI is InChI=1S/C17H25N3O/c1-4-16(18)9-15-8-13(3)6-7-17(15)21-12-14-10-19-20(5-2)11-14/h6-8,10-11,16H,4-5,9,12,18H2,1-3H3. The van der Waals surface area contributed by atoms with Crippen molar-refractivity contribution >= 4 is 0 Å². The molecule has 1 atom stereocenters. The maximum atomic E-state index is 6.08. The molecule has 2 N–H and O–H groups in total. The summed E-state index contributed by atoms with van der Waals surface area (Å²) in [5.41, 5.74) is 9.59. The molecule has 0 saturated carbocycles. The Morgan fingerprint density at radius 3 is 2.81 bits per heavy atom. The van der Waals surface area contributed by atoms with Gasteiger partial charge in [0.1, 0.15) is 12.4 Å². The van der Waals surface area contributed by atoms with Crippen molar-refractivity contribution < 1.29 is 4.74 Å². The Morgan fingerprint density at radius 1 is 1.33 bits per heavy atom. The van der Waals surface area contributed by atoms with Crippen molar-refractivity contribution in [3.05, 3.63) is 47.3 Å². The number of aromatic nitrogens is 2. The molecule has 0 aliphatic rings. The molecule has 2 rings (SSSR count). The number of hydrogen-bond acceptors (Lipinski definition) is 3. The highest BCUT2D eigenvalue weighted by Gasteiger charge is 2.09. The molecule has 4 nitrogen and oxygen atoms in total. The third-order valence-corrected chi connectivity index (χ3v) is 3.63. The quantitative estimate of drug-likeness (QED) is 0.851. The van der Waals surface area contributed by atoms with Gasteiger partial charge in [-0.1, -0.05) is 24.6 Å². The van der Waals surface area contributed by atoms with E-state index in [0.29, 0.717) is 6.61 Å². The molecular weight excluding hydrogens is 262 g/mol. The molecule has 2 aromatic rings. The van der Waals surface area contributed by atoms with Crippen molar-refractivity contribution in [2.24, 2.45) is 5.73 Å². The Hall–Kier alpha value is -1.81. The summed E-state index contributed by atoms with van der Waals surface area (Å²) in [4.78, 5) is 0. The van der Waals surface area contributed by atoms with E-state index in [2.05, 4.69) is 38.0 Å². The number of nitrogens with two attached hydrogens (primary N) is 1. The van der Waals surface area contributed by atoms with E-state index in [-0.39, 0.29) is 6.04 Å². The van der Waals surface area contributed by atoms with Gasteiger partial charge in [0.15, 0.2) is 0 Å². The molecule has 1 aromatic heterocycles. The number of nitrogens with zero attached hydrogens (tertiary/aromatic N) is 2. The molecule has 4 heteroatoms. The van der Waals surface area contributed by atoms with E-state index in [4.69, 9.17) is 10.5 Å². The topological polar surface area (TPSA) is 53.1 Å². The molecule has 0 fully saturated rings. The minimum absolute atomic E-state index is 0.178. The molecule has 0 saturated heterocycles. The van der Waals surface area contributed by atoms with Crippen LogP contribution >= 0.6 is 0 Å². The van der Waals surface area contributed by atoms with Gasteiger partial charge >= 0.3 is 0 Å². The lowest BCUT2D eigenvalue weighted by Gasteiger charge is -2.15. The summed E-state index contributed by atoms with van der Waals surface area (Å²) >= 11 is 0. The van der Waals surface area contributed by atoms with Crippen molar-refractivity contribution in [1.82, 2.24) is 9.78 Å². The second-order valence-corrected chi connectivity index (χ2v) is 5.48. The van der Waals surface area contributed by atoms with Gasteiger partial charge in [-0.05, 0) is 38.3 Å². The molecule has 0 aliphatic heterocycles. The normalized spacial score (nSPS) is 12.4. The molecule has 1 unspecified atom stereocenters. The van der Waals surface area contributed by atoms with Gasteiger partial charge in [-0.2, -0.15) is 5.10 Å². The first-order chi connectivity index (χ1) is 10.1. The Morgan fingerprint density at radius 2 is 2.14 bits per heavy atom. The lowest BCUT2D eigenvalue weighted by atomic mass is 10.0. The van der Waals surface area contributed by atoms with Gasteiger partial charge in [0.2, 0.25) is 0 Å². The number of benzene rings is 1. The highest BCUT2D eigenvalue weighted by molar-refractivity contribution is 5.37. The average Bonchev–Trinajstić information content (AvgIpc) is 2.94. The lowest BCUT2D eigenvalue weighted by molar-refractivity contribution is 0.302. The summed E-state index contributed by atoms with van der Waals surface area (Å²) in [7, 11) is 0. The number of aryl methyl sites for hydroxylation is 2. The van der Waals surface area contributed by atoms with Crippen LogP contribution in [-0.4, -0.2) is 15.8 Å².